The summed E-state index contributed by atoms with van der Waals surface area (Å²) in [4.78, 5) is 10.4. The first-order valence-corrected chi connectivity index (χ1v) is 7.54. The third-order valence-electron chi connectivity index (χ3n) is 3.16. The molecule has 2 heteroatoms. The van der Waals surface area contributed by atoms with Crippen molar-refractivity contribution in [2.75, 3.05) is 0 Å². The SMILES string of the molecule is CCC=Cc1cc(C)ccc1C(C)=CC=CC=CCC(=O)O. The van der Waals surface area contributed by atoms with Gasteiger partial charge in [0.05, 0.1) is 6.42 Å². The van der Waals surface area contributed by atoms with Crippen LogP contribution in [0.3, 0.4) is 0 Å². The van der Waals surface area contributed by atoms with Crippen molar-refractivity contribution < 1.29 is 9.90 Å². The molecule has 0 fully saturated rings. The fourth-order valence-corrected chi connectivity index (χ4v) is 2.03. The molecule has 0 aliphatic rings. The zero-order valence-corrected chi connectivity index (χ0v) is 13.5. The van der Waals surface area contributed by atoms with Crippen LogP contribution >= 0.6 is 0 Å². The zero-order valence-electron chi connectivity index (χ0n) is 13.5. The number of carboxylic acids is 1. The van der Waals surface area contributed by atoms with Crippen LogP contribution in [0.1, 0.15) is 43.4 Å². The third-order valence-corrected chi connectivity index (χ3v) is 3.16. The lowest BCUT2D eigenvalue weighted by molar-refractivity contribution is -0.136. The molecule has 0 saturated carbocycles. The predicted molar refractivity (Wildman–Crippen MR) is 94.7 cm³/mol. The average molecular weight is 296 g/mol. The molecule has 0 atom stereocenters. The Morgan fingerprint density at radius 2 is 1.95 bits per heavy atom. The number of allylic oxidation sites excluding steroid dienone is 6. The van der Waals surface area contributed by atoms with Gasteiger partial charge < -0.3 is 5.11 Å². The Bertz CT molecular complexity index is 617. The van der Waals surface area contributed by atoms with Crippen molar-refractivity contribution in [3.63, 3.8) is 0 Å². The van der Waals surface area contributed by atoms with E-state index < -0.39 is 5.97 Å². The minimum atomic E-state index is -0.816. The predicted octanol–water partition coefficient (Wildman–Crippen LogP) is 5.41. The van der Waals surface area contributed by atoms with E-state index >= 15 is 0 Å². The second-order valence-electron chi connectivity index (χ2n) is 5.16. The summed E-state index contributed by atoms with van der Waals surface area (Å²) in [7, 11) is 0. The van der Waals surface area contributed by atoms with E-state index in [1.165, 1.54) is 22.3 Å². The van der Waals surface area contributed by atoms with Gasteiger partial charge in [0.2, 0.25) is 0 Å². The summed E-state index contributed by atoms with van der Waals surface area (Å²) in [5.41, 5.74) is 4.87. The van der Waals surface area contributed by atoms with Crippen LogP contribution in [0.5, 0.6) is 0 Å². The Kier molecular flexibility index (Phi) is 7.69. The number of rotatable bonds is 7. The molecule has 1 aromatic carbocycles. The van der Waals surface area contributed by atoms with Gasteiger partial charge in [-0.3, -0.25) is 4.79 Å². The fraction of sp³-hybridized carbons (Fsp3) is 0.250. The maximum Gasteiger partial charge on any atom is 0.307 e. The topological polar surface area (TPSA) is 37.3 Å². The molecule has 0 aromatic heterocycles. The Morgan fingerprint density at radius 3 is 2.64 bits per heavy atom. The summed E-state index contributed by atoms with van der Waals surface area (Å²) >= 11 is 0. The highest BCUT2D eigenvalue weighted by Crippen LogP contribution is 2.22. The molecule has 2 nitrogen and oxygen atoms in total. The molecule has 0 spiro atoms. The largest absolute Gasteiger partial charge is 0.481 e. The molecule has 0 amide bonds. The maximum atomic E-state index is 10.4. The van der Waals surface area contributed by atoms with Crippen LogP contribution in [0, 0.1) is 6.92 Å². The standard InChI is InChI=1S/C20H24O2/c1-4-5-11-18-15-16(2)13-14-19(18)17(3)10-8-6-7-9-12-20(21)22/h5-11,13-15H,4,12H2,1-3H3,(H,21,22). The molecule has 22 heavy (non-hydrogen) atoms. The average Bonchev–Trinajstić information content (AvgIpc) is 2.48. The van der Waals surface area contributed by atoms with Gasteiger partial charge in [0.25, 0.3) is 0 Å². The lowest BCUT2D eigenvalue weighted by Gasteiger charge is -2.07. The summed E-state index contributed by atoms with van der Waals surface area (Å²) in [5.74, 6) is -0.816. The van der Waals surface area contributed by atoms with E-state index in [4.69, 9.17) is 5.11 Å². The Balaban J connectivity index is 2.87. The number of carbonyl (C=O) groups is 1. The number of hydrogen-bond acceptors (Lipinski definition) is 1. The van der Waals surface area contributed by atoms with Crippen molar-refractivity contribution in [3.8, 4) is 0 Å². The van der Waals surface area contributed by atoms with Gasteiger partial charge in [-0.05, 0) is 37.0 Å². The van der Waals surface area contributed by atoms with E-state index in [0.717, 1.165) is 6.42 Å². The quantitative estimate of drug-likeness (QED) is 0.683. The van der Waals surface area contributed by atoms with Crippen LogP contribution < -0.4 is 0 Å². The Labute approximate surface area is 133 Å². The van der Waals surface area contributed by atoms with Gasteiger partial charge >= 0.3 is 5.97 Å². The first kappa shape index (κ1) is 17.7. The van der Waals surface area contributed by atoms with Crippen LogP contribution in [0.25, 0.3) is 11.6 Å². The molecule has 0 unspecified atom stereocenters. The number of hydrogen-bond donors (Lipinski definition) is 1. The van der Waals surface area contributed by atoms with Crippen molar-refractivity contribution >= 4 is 17.6 Å². The van der Waals surface area contributed by atoms with E-state index in [-0.39, 0.29) is 6.42 Å². The second kappa shape index (κ2) is 9.56. The molecule has 116 valence electrons. The van der Waals surface area contributed by atoms with Crippen LogP contribution in [0.4, 0.5) is 0 Å². The highest BCUT2D eigenvalue weighted by Gasteiger charge is 2.01. The molecule has 0 bridgehead atoms. The number of carboxylic acid groups (broad SMARTS) is 1. The molecule has 0 saturated heterocycles. The lowest BCUT2D eigenvalue weighted by Crippen LogP contribution is -1.89. The smallest absolute Gasteiger partial charge is 0.307 e. The molecule has 0 heterocycles. The second-order valence-corrected chi connectivity index (χ2v) is 5.16. The normalized spacial score (nSPS) is 12.8. The van der Waals surface area contributed by atoms with Gasteiger partial charge in [-0.2, -0.15) is 0 Å². The van der Waals surface area contributed by atoms with Crippen molar-refractivity contribution in [2.45, 2.75) is 33.6 Å². The highest BCUT2D eigenvalue weighted by molar-refractivity contribution is 5.74. The van der Waals surface area contributed by atoms with Crippen LogP contribution in [0.15, 0.2) is 54.7 Å². The van der Waals surface area contributed by atoms with Gasteiger partial charge in [0.1, 0.15) is 0 Å². The molecular weight excluding hydrogens is 272 g/mol. The summed E-state index contributed by atoms with van der Waals surface area (Å²) < 4.78 is 0. The molecule has 1 N–H and O–H groups in total. The van der Waals surface area contributed by atoms with Gasteiger partial charge in [0.15, 0.2) is 0 Å². The van der Waals surface area contributed by atoms with Gasteiger partial charge in [0, 0.05) is 0 Å². The minimum Gasteiger partial charge on any atom is -0.481 e. The van der Waals surface area contributed by atoms with Crippen LogP contribution in [-0.4, -0.2) is 11.1 Å². The van der Waals surface area contributed by atoms with E-state index in [1.807, 2.05) is 18.2 Å². The third kappa shape index (κ3) is 6.40. The van der Waals surface area contributed by atoms with Crippen molar-refractivity contribution in [1.29, 1.82) is 0 Å². The van der Waals surface area contributed by atoms with Crippen LogP contribution in [0.2, 0.25) is 0 Å². The number of benzene rings is 1. The van der Waals surface area contributed by atoms with E-state index in [1.54, 1.807) is 12.2 Å². The van der Waals surface area contributed by atoms with Crippen molar-refractivity contribution in [2.24, 2.45) is 0 Å². The van der Waals surface area contributed by atoms with Crippen molar-refractivity contribution in [3.05, 3.63) is 71.3 Å². The Morgan fingerprint density at radius 1 is 1.18 bits per heavy atom. The van der Waals surface area contributed by atoms with E-state index in [9.17, 15) is 4.79 Å². The molecule has 0 radical (unpaired) electrons. The van der Waals surface area contributed by atoms with E-state index in [0.29, 0.717) is 0 Å². The van der Waals surface area contributed by atoms with Gasteiger partial charge in [-0.25, -0.2) is 0 Å². The zero-order chi connectivity index (χ0) is 16.4. The lowest BCUT2D eigenvalue weighted by atomic mass is 9.98. The molecule has 0 aliphatic heterocycles. The monoisotopic (exact) mass is 296 g/mol. The van der Waals surface area contributed by atoms with Crippen molar-refractivity contribution in [1.82, 2.24) is 0 Å². The summed E-state index contributed by atoms with van der Waals surface area (Å²) in [6.45, 7) is 6.30. The van der Waals surface area contributed by atoms with Crippen LogP contribution in [-0.2, 0) is 4.79 Å². The molecule has 1 aromatic rings. The summed E-state index contributed by atoms with van der Waals surface area (Å²) in [5, 5.41) is 8.54. The summed E-state index contributed by atoms with van der Waals surface area (Å²) in [6.07, 6.45) is 14.6. The maximum absolute atomic E-state index is 10.4. The first-order chi connectivity index (χ1) is 10.5. The van der Waals surface area contributed by atoms with E-state index in [2.05, 4.69) is 51.1 Å². The molecular formula is C20H24O2. The molecule has 1 rings (SSSR count). The Hall–Kier alpha value is -2.35. The fourth-order valence-electron chi connectivity index (χ4n) is 2.03. The molecule has 0 aliphatic carbocycles. The highest BCUT2D eigenvalue weighted by atomic mass is 16.4. The van der Waals surface area contributed by atoms with Gasteiger partial charge in [-0.1, -0.05) is 73.2 Å². The first-order valence-electron chi connectivity index (χ1n) is 7.54. The van der Waals surface area contributed by atoms with Gasteiger partial charge in [-0.15, -0.1) is 0 Å². The number of aryl methyl sites for hydroxylation is 1. The summed E-state index contributed by atoms with van der Waals surface area (Å²) in [6, 6.07) is 6.45. The minimum absolute atomic E-state index is 0.0525. The number of aliphatic carboxylic acids is 1.